The number of aliphatic hydroxyl groups is 1. The van der Waals surface area contributed by atoms with Crippen LogP contribution < -0.4 is 0 Å². The maximum atomic E-state index is 11.0. The van der Waals surface area contributed by atoms with Crippen LogP contribution in [0.3, 0.4) is 0 Å². The number of carbonyl (C=O) groups is 1. The lowest BCUT2D eigenvalue weighted by molar-refractivity contribution is -0.117. The molecule has 4 nitrogen and oxygen atoms in total. The Hall–Kier alpha value is -0.870. The van der Waals surface area contributed by atoms with Crippen LogP contribution in [-0.2, 0) is 9.53 Å². The molecule has 2 rings (SSSR count). The molecule has 0 unspecified atom stereocenters. The molecule has 16 heavy (non-hydrogen) atoms. The monoisotopic (exact) mass is 229 g/mol. The van der Waals surface area contributed by atoms with Crippen LogP contribution in [0.5, 0.6) is 0 Å². The SMILES string of the molecule is CC.CC1=C(N2CCOCC2)CC1=O.CO. The molecule has 1 heterocycles. The van der Waals surface area contributed by atoms with Crippen molar-refractivity contribution in [3.05, 3.63) is 11.3 Å². The first-order chi connectivity index (χ1) is 7.79. The summed E-state index contributed by atoms with van der Waals surface area (Å²) in [6.07, 6.45) is 0.645. The van der Waals surface area contributed by atoms with E-state index in [1.54, 1.807) is 0 Å². The quantitative estimate of drug-likeness (QED) is 0.734. The van der Waals surface area contributed by atoms with Crippen molar-refractivity contribution in [2.45, 2.75) is 27.2 Å². The summed E-state index contributed by atoms with van der Waals surface area (Å²) in [5.41, 5.74) is 2.19. The Morgan fingerprint density at radius 3 is 2.06 bits per heavy atom. The molecule has 0 spiro atoms. The normalized spacial score (nSPS) is 19.1. The fourth-order valence-corrected chi connectivity index (χ4v) is 1.65. The zero-order valence-electron chi connectivity index (χ0n) is 10.7. The molecular weight excluding hydrogens is 206 g/mol. The van der Waals surface area contributed by atoms with E-state index in [9.17, 15) is 4.79 Å². The van der Waals surface area contributed by atoms with Crippen LogP contribution in [0.15, 0.2) is 11.3 Å². The second-order valence-electron chi connectivity index (χ2n) is 3.27. The topological polar surface area (TPSA) is 49.8 Å². The molecule has 1 saturated heterocycles. The smallest absolute Gasteiger partial charge is 0.166 e. The van der Waals surface area contributed by atoms with Crippen LogP contribution in [0, 0.1) is 0 Å². The van der Waals surface area contributed by atoms with E-state index in [-0.39, 0.29) is 0 Å². The van der Waals surface area contributed by atoms with Gasteiger partial charge in [-0.1, -0.05) is 13.8 Å². The van der Waals surface area contributed by atoms with Crippen LogP contribution in [-0.4, -0.2) is 49.2 Å². The molecule has 1 aliphatic heterocycles. The Labute approximate surface area is 97.9 Å². The molecule has 0 bridgehead atoms. The lowest BCUT2D eigenvalue weighted by atomic mass is 9.93. The van der Waals surface area contributed by atoms with Crippen LogP contribution in [0.2, 0.25) is 0 Å². The molecule has 1 aliphatic carbocycles. The summed E-state index contributed by atoms with van der Waals surface area (Å²) in [5.74, 6) is 0.302. The number of nitrogens with zero attached hydrogens (tertiary/aromatic N) is 1. The molecule has 0 aromatic carbocycles. The molecular formula is C12H23NO3. The average molecular weight is 229 g/mol. The Morgan fingerprint density at radius 1 is 1.19 bits per heavy atom. The third-order valence-corrected chi connectivity index (χ3v) is 2.57. The minimum absolute atomic E-state index is 0.302. The highest BCUT2D eigenvalue weighted by Gasteiger charge is 2.28. The average Bonchev–Trinajstić information content (AvgIpc) is 2.41. The molecule has 0 saturated carbocycles. The Morgan fingerprint density at radius 2 is 1.69 bits per heavy atom. The van der Waals surface area contributed by atoms with Gasteiger partial charge in [-0.3, -0.25) is 4.79 Å². The minimum Gasteiger partial charge on any atom is -0.400 e. The van der Waals surface area contributed by atoms with Gasteiger partial charge in [-0.25, -0.2) is 0 Å². The number of ether oxygens (including phenoxy) is 1. The van der Waals surface area contributed by atoms with E-state index in [2.05, 4.69) is 4.90 Å². The number of hydrogen-bond acceptors (Lipinski definition) is 4. The minimum atomic E-state index is 0.302. The highest BCUT2D eigenvalue weighted by atomic mass is 16.5. The van der Waals surface area contributed by atoms with Gasteiger partial charge in [-0.15, -0.1) is 0 Å². The summed E-state index contributed by atoms with van der Waals surface area (Å²) in [6, 6.07) is 0. The maximum absolute atomic E-state index is 11.0. The number of carbonyl (C=O) groups excluding carboxylic acids is 1. The summed E-state index contributed by atoms with van der Waals surface area (Å²) in [4.78, 5) is 13.2. The molecule has 4 heteroatoms. The van der Waals surface area contributed by atoms with Gasteiger partial charge in [-0.05, 0) is 6.92 Å². The number of aliphatic hydroxyl groups excluding tert-OH is 1. The van der Waals surface area contributed by atoms with Gasteiger partial charge < -0.3 is 14.7 Å². The molecule has 0 radical (unpaired) electrons. The van der Waals surface area contributed by atoms with Crippen molar-refractivity contribution in [2.75, 3.05) is 33.4 Å². The van der Waals surface area contributed by atoms with Crippen molar-refractivity contribution >= 4 is 5.78 Å². The van der Waals surface area contributed by atoms with Crippen molar-refractivity contribution in [3.63, 3.8) is 0 Å². The van der Waals surface area contributed by atoms with E-state index < -0.39 is 0 Å². The number of morpholine rings is 1. The van der Waals surface area contributed by atoms with Gasteiger partial charge in [0.15, 0.2) is 5.78 Å². The molecule has 0 aromatic heterocycles. The van der Waals surface area contributed by atoms with Crippen molar-refractivity contribution in [1.82, 2.24) is 4.90 Å². The number of rotatable bonds is 1. The Balaban J connectivity index is 0.000000509. The van der Waals surface area contributed by atoms with Crippen LogP contribution in [0.1, 0.15) is 27.2 Å². The fourth-order valence-electron chi connectivity index (χ4n) is 1.65. The van der Waals surface area contributed by atoms with Gasteiger partial charge in [0.05, 0.1) is 19.6 Å². The molecule has 1 N–H and O–H groups in total. The highest BCUT2D eigenvalue weighted by Crippen LogP contribution is 2.27. The van der Waals surface area contributed by atoms with Gasteiger partial charge in [0.1, 0.15) is 0 Å². The van der Waals surface area contributed by atoms with E-state index in [0.717, 1.165) is 39.0 Å². The number of allylic oxidation sites excluding steroid dienone is 2. The zero-order valence-corrected chi connectivity index (χ0v) is 10.7. The predicted molar refractivity (Wildman–Crippen MR) is 64.2 cm³/mol. The lowest BCUT2D eigenvalue weighted by Gasteiger charge is -2.35. The van der Waals surface area contributed by atoms with Gasteiger partial charge in [0, 0.05) is 31.5 Å². The molecule has 0 atom stereocenters. The zero-order chi connectivity index (χ0) is 12.6. The van der Waals surface area contributed by atoms with Crippen molar-refractivity contribution in [1.29, 1.82) is 0 Å². The number of ketones is 1. The van der Waals surface area contributed by atoms with Crippen molar-refractivity contribution in [2.24, 2.45) is 0 Å². The molecule has 0 amide bonds. The lowest BCUT2D eigenvalue weighted by Crippen LogP contribution is -2.40. The molecule has 94 valence electrons. The van der Waals surface area contributed by atoms with Crippen LogP contribution in [0.25, 0.3) is 0 Å². The summed E-state index contributed by atoms with van der Waals surface area (Å²) in [5, 5.41) is 7.00. The summed E-state index contributed by atoms with van der Waals surface area (Å²) in [6.45, 7) is 9.40. The van der Waals surface area contributed by atoms with Gasteiger partial charge in [0.2, 0.25) is 0 Å². The fraction of sp³-hybridized carbons (Fsp3) is 0.750. The van der Waals surface area contributed by atoms with E-state index in [1.807, 2.05) is 20.8 Å². The number of Topliss-reactive ketones (excluding diaryl/α,β-unsaturated/α-hetero) is 1. The van der Waals surface area contributed by atoms with E-state index in [1.165, 1.54) is 5.70 Å². The Bertz CT molecular complexity index is 243. The predicted octanol–water partition coefficient (Wildman–Crippen LogP) is 1.20. The summed E-state index contributed by atoms with van der Waals surface area (Å²) in [7, 11) is 1.00. The summed E-state index contributed by atoms with van der Waals surface area (Å²) >= 11 is 0. The third kappa shape index (κ3) is 3.61. The largest absolute Gasteiger partial charge is 0.400 e. The first-order valence-corrected chi connectivity index (χ1v) is 5.79. The number of hydrogen-bond donors (Lipinski definition) is 1. The van der Waals surface area contributed by atoms with E-state index >= 15 is 0 Å². The van der Waals surface area contributed by atoms with Gasteiger partial charge >= 0.3 is 0 Å². The second kappa shape index (κ2) is 8.30. The van der Waals surface area contributed by atoms with E-state index in [0.29, 0.717) is 12.2 Å². The maximum Gasteiger partial charge on any atom is 0.166 e. The Kier molecular flexibility index (Phi) is 7.85. The molecule has 0 aromatic rings. The second-order valence-corrected chi connectivity index (χ2v) is 3.27. The standard InChI is InChI=1S/C9H13NO2.C2H6.CH4O/c1-7-8(6-9(7)11)10-2-4-12-5-3-10;2*1-2/h2-6H2,1H3;1-2H3;2H,1H3. The van der Waals surface area contributed by atoms with Gasteiger partial charge in [-0.2, -0.15) is 0 Å². The molecule has 2 aliphatic rings. The highest BCUT2D eigenvalue weighted by molar-refractivity contribution is 6.03. The van der Waals surface area contributed by atoms with Crippen LogP contribution >= 0.6 is 0 Å². The first-order valence-electron chi connectivity index (χ1n) is 5.79. The van der Waals surface area contributed by atoms with Crippen LogP contribution in [0.4, 0.5) is 0 Å². The summed E-state index contributed by atoms with van der Waals surface area (Å²) < 4.78 is 5.23. The van der Waals surface area contributed by atoms with Crippen molar-refractivity contribution < 1.29 is 14.6 Å². The van der Waals surface area contributed by atoms with Gasteiger partial charge in [0.25, 0.3) is 0 Å². The van der Waals surface area contributed by atoms with Crippen molar-refractivity contribution in [3.8, 4) is 0 Å². The van der Waals surface area contributed by atoms with E-state index in [4.69, 9.17) is 9.84 Å². The first kappa shape index (κ1) is 15.1. The molecule has 1 fully saturated rings. The third-order valence-electron chi connectivity index (χ3n) is 2.57.